The molecule has 0 saturated carbocycles. The van der Waals surface area contributed by atoms with E-state index in [1.165, 1.54) is 31.4 Å². The first-order valence-electron chi connectivity index (χ1n) is 14.5. The Balaban J connectivity index is 1.23. The fraction of sp³-hybridized carbons (Fsp3) is 0.586. The monoisotopic (exact) mass is 673 g/mol. The second-order valence-corrected chi connectivity index (χ2v) is 13.9. The van der Waals surface area contributed by atoms with Gasteiger partial charge in [-0.15, -0.1) is 0 Å². The van der Waals surface area contributed by atoms with Gasteiger partial charge in [-0.3, -0.25) is 0 Å². The molecular weight excluding hydrogens is 634 g/mol. The van der Waals surface area contributed by atoms with Crippen LogP contribution in [0.5, 0.6) is 17.2 Å². The van der Waals surface area contributed by atoms with E-state index in [-0.39, 0.29) is 36.5 Å². The van der Waals surface area contributed by atoms with Crippen molar-refractivity contribution >= 4 is 20.8 Å². The molecule has 0 radical (unpaired) electrons. The van der Waals surface area contributed by atoms with Gasteiger partial charge in [0.25, 0.3) is 0 Å². The van der Waals surface area contributed by atoms with Crippen LogP contribution in [0.15, 0.2) is 48.5 Å². The molecule has 3 aliphatic heterocycles. The summed E-state index contributed by atoms with van der Waals surface area (Å²) >= 11 is 0. The number of hydrogen-bond acceptors (Lipinski definition) is 14. The maximum atomic E-state index is 12.8. The maximum Gasteiger partial charge on any atom is 0.449 e. The molecule has 0 aliphatic carbocycles. The van der Waals surface area contributed by atoms with E-state index < -0.39 is 69.8 Å². The van der Waals surface area contributed by atoms with E-state index in [1.54, 1.807) is 31.2 Å². The molecule has 45 heavy (non-hydrogen) atoms. The molecule has 2 N–H and O–H groups in total. The second-order valence-electron chi connectivity index (χ2n) is 11.5. The lowest BCUT2D eigenvalue weighted by atomic mass is 9.82. The molecule has 2 bridgehead atoms. The number of nitrogens with two attached hydrogens (primary N) is 1. The molecule has 4 unspecified atom stereocenters. The summed E-state index contributed by atoms with van der Waals surface area (Å²) in [5.74, 6) is -0.269. The smallest absolute Gasteiger partial charge is 0.449 e. The van der Waals surface area contributed by atoms with Gasteiger partial charge in [-0.1, -0.05) is 38.5 Å². The fourth-order valence-corrected chi connectivity index (χ4v) is 7.11. The van der Waals surface area contributed by atoms with Crippen LogP contribution in [-0.4, -0.2) is 80.2 Å². The Morgan fingerprint density at radius 2 is 1.40 bits per heavy atom. The zero-order chi connectivity index (χ0) is 32.5. The molecule has 0 amide bonds. The van der Waals surface area contributed by atoms with Crippen molar-refractivity contribution in [2.45, 2.75) is 70.7 Å². The molecule has 2 aromatic rings. The fourth-order valence-electron chi connectivity index (χ4n) is 5.49. The zero-order valence-electron chi connectivity index (χ0n) is 25.5. The van der Waals surface area contributed by atoms with Crippen LogP contribution in [0, 0.1) is 24.7 Å². The third kappa shape index (κ3) is 8.07. The Morgan fingerprint density at radius 1 is 0.800 bits per heavy atom. The summed E-state index contributed by atoms with van der Waals surface area (Å²) in [5.41, 5.74) is 7.45. The van der Waals surface area contributed by atoms with Crippen LogP contribution in [0.1, 0.15) is 26.3 Å². The van der Waals surface area contributed by atoms with Gasteiger partial charge in [0.2, 0.25) is 0 Å². The molecule has 3 fully saturated rings. The van der Waals surface area contributed by atoms with Crippen LogP contribution in [0.3, 0.4) is 0 Å². The van der Waals surface area contributed by atoms with Gasteiger partial charge in [-0.25, -0.2) is 8.37 Å². The van der Waals surface area contributed by atoms with Crippen molar-refractivity contribution in [2.75, 3.05) is 20.3 Å². The minimum atomic E-state index is -4.51. The lowest BCUT2D eigenvalue weighted by Gasteiger charge is -2.46. The Hall–Kier alpha value is -2.54. The lowest BCUT2D eigenvalue weighted by molar-refractivity contribution is -0.290. The highest BCUT2D eigenvalue weighted by Gasteiger charge is 2.54. The van der Waals surface area contributed by atoms with Crippen LogP contribution in [0.2, 0.25) is 0 Å². The Morgan fingerprint density at radius 3 is 2.04 bits per heavy atom. The van der Waals surface area contributed by atoms with Crippen molar-refractivity contribution in [2.24, 2.45) is 23.5 Å². The van der Waals surface area contributed by atoms with E-state index >= 15 is 0 Å². The minimum absolute atomic E-state index is 0.0523. The lowest BCUT2D eigenvalue weighted by Crippen LogP contribution is -2.59. The van der Waals surface area contributed by atoms with Gasteiger partial charge in [0.1, 0.15) is 29.5 Å². The quantitative estimate of drug-likeness (QED) is 0.347. The molecular formula is C29H39NO13S2. The molecule has 14 nitrogen and oxygen atoms in total. The van der Waals surface area contributed by atoms with E-state index in [0.717, 1.165) is 5.56 Å². The highest BCUT2D eigenvalue weighted by atomic mass is 32.3. The highest BCUT2D eigenvalue weighted by molar-refractivity contribution is 7.82. The molecule has 250 valence electrons. The number of aryl methyl sites for hydroxylation is 1. The maximum absolute atomic E-state index is 12.8. The topological polar surface area (TPSA) is 177 Å². The molecule has 0 spiro atoms. The van der Waals surface area contributed by atoms with Crippen LogP contribution in [-0.2, 0) is 48.1 Å². The molecule has 3 saturated heterocycles. The molecule has 0 aromatic heterocycles. The first-order chi connectivity index (χ1) is 21.2. The Labute approximate surface area is 263 Å². The van der Waals surface area contributed by atoms with Crippen LogP contribution < -0.4 is 18.8 Å². The summed E-state index contributed by atoms with van der Waals surface area (Å²) < 4.78 is 101. The number of fused-ring (bicyclic) bond motifs is 2. The van der Waals surface area contributed by atoms with Crippen molar-refractivity contribution in [1.82, 2.24) is 0 Å². The van der Waals surface area contributed by atoms with Gasteiger partial charge in [-0.2, -0.15) is 16.8 Å². The molecule has 3 heterocycles. The zero-order valence-corrected chi connectivity index (χ0v) is 27.1. The van der Waals surface area contributed by atoms with Crippen molar-refractivity contribution in [1.29, 1.82) is 0 Å². The first kappa shape index (κ1) is 33.8. The Bertz CT molecular complexity index is 1500. The van der Waals surface area contributed by atoms with Crippen molar-refractivity contribution in [3.63, 3.8) is 0 Å². The van der Waals surface area contributed by atoms with E-state index in [4.69, 9.17) is 46.2 Å². The standard InChI is InChI=1S/C29H39NO13S2/c1-16-6-8-21(9-7-16)42-45(33,34)43-27-19(4)26(24-14-36-29(27)39-24)40-28-25(30)18(3)17(2)23(38-28)15-37-44(31,32)41-22-12-10-20(35-5)11-13-22/h6-13,17-19,23-29H,14-15,30H2,1-5H3/t17-,18-,19-,23?,24?,25?,26-,27?,28+,29+/m0/s1. The van der Waals surface area contributed by atoms with Crippen LogP contribution in [0.4, 0.5) is 0 Å². The van der Waals surface area contributed by atoms with Crippen LogP contribution in [0.25, 0.3) is 0 Å². The summed E-state index contributed by atoms with van der Waals surface area (Å²) in [5, 5.41) is 0. The van der Waals surface area contributed by atoms with E-state index in [1.807, 2.05) is 20.8 Å². The Kier molecular flexibility index (Phi) is 10.3. The van der Waals surface area contributed by atoms with Gasteiger partial charge in [0, 0.05) is 5.92 Å². The second kappa shape index (κ2) is 13.7. The molecule has 16 heteroatoms. The number of rotatable bonds is 12. The van der Waals surface area contributed by atoms with Crippen molar-refractivity contribution < 1.29 is 57.3 Å². The molecule has 2 aromatic carbocycles. The van der Waals surface area contributed by atoms with Gasteiger partial charge in [-0.05, 0) is 55.2 Å². The molecule has 5 rings (SSSR count). The first-order valence-corrected chi connectivity index (χ1v) is 17.2. The molecule has 3 aliphatic rings. The van der Waals surface area contributed by atoms with Gasteiger partial charge in [0.05, 0.1) is 38.6 Å². The van der Waals surface area contributed by atoms with Crippen molar-refractivity contribution in [3.8, 4) is 17.2 Å². The van der Waals surface area contributed by atoms with Gasteiger partial charge < -0.3 is 37.8 Å². The summed E-state index contributed by atoms with van der Waals surface area (Å²) in [7, 11) is -7.45. The normalized spacial score (nSPS) is 33.5. The summed E-state index contributed by atoms with van der Waals surface area (Å²) in [6.45, 7) is 7.15. The van der Waals surface area contributed by atoms with Crippen molar-refractivity contribution in [3.05, 3.63) is 54.1 Å². The highest BCUT2D eigenvalue weighted by Crippen LogP contribution is 2.39. The summed E-state index contributed by atoms with van der Waals surface area (Å²) in [6.07, 6.45) is -5.10. The van der Waals surface area contributed by atoms with Gasteiger partial charge in [0.15, 0.2) is 12.6 Å². The average molecular weight is 674 g/mol. The predicted molar refractivity (Wildman–Crippen MR) is 158 cm³/mol. The van der Waals surface area contributed by atoms with E-state index in [0.29, 0.717) is 5.75 Å². The third-order valence-electron chi connectivity index (χ3n) is 8.42. The van der Waals surface area contributed by atoms with E-state index in [9.17, 15) is 16.8 Å². The van der Waals surface area contributed by atoms with Gasteiger partial charge >= 0.3 is 20.8 Å². The number of ether oxygens (including phenoxy) is 5. The average Bonchev–Trinajstić information content (AvgIpc) is 3.44. The summed E-state index contributed by atoms with van der Waals surface area (Å²) in [6, 6.07) is 11.8. The van der Waals surface area contributed by atoms with Crippen LogP contribution >= 0.6 is 0 Å². The SMILES string of the molecule is COc1ccc(OS(=O)(=O)OCC2O[C@H](O[C@@H]3C4CO[C@H](O4)C(OS(=O)(=O)Oc4ccc(C)cc4)[C@H]3C)C(N)[C@@H](C)[C@@H]2C)cc1. The number of methoxy groups -OCH3 is 1. The number of hydrogen-bond donors (Lipinski definition) is 1. The summed E-state index contributed by atoms with van der Waals surface area (Å²) in [4.78, 5) is 0. The molecule has 10 atom stereocenters. The third-order valence-corrected chi connectivity index (χ3v) is 10.1. The number of benzene rings is 2. The minimum Gasteiger partial charge on any atom is -0.497 e. The predicted octanol–water partition coefficient (Wildman–Crippen LogP) is 2.45. The largest absolute Gasteiger partial charge is 0.497 e. The van der Waals surface area contributed by atoms with E-state index in [2.05, 4.69) is 0 Å².